The van der Waals surface area contributed by atoms with Crippen LogP contribution in [0.2, 0.25) is 6.04 Å². The summed E-state index contributed by atoms with van der Waals surface area (Å²) in [5.41, 5.74) is 5.40. The van der Waals surface area contributed by atoms with Crippen LogP contribution in [0, 0.1) is 0 Å². The maximum Gasteiger partial charge on any atom is 0.322 e. The lowest BCUT2D eigenvalue weighted by atomic mass is 10.1. The highest BCUT2D eigenvalue weighted by Crippen LogP contribution is 2.19. The molecule has 1 rings (SSSR count). The molecule has 0 spiro atoms. The highest BCUT2D eigenvalue weighted by molar-refractivity contribution is 6.44. The van der Waals surface area contributed by atoms with Gasteiger partial charge in [0, 0.05) is 0 Å². The summed E-state index contributed by atoms with van der Waals surface area (Å²) < 4.78 is 11.2. The van der Waals surface area contributed by atoms with Crippen LogP contribution in [0.15, 0.2) is 0 Å². The van der Waals surface area contributed by atoms with Crippen molar-refractivity contribution in [1.82, 2.24) is 0 Å². The van der Waals surface area contributed by atoms with E-state index in [9.17, 15) is 5.11 Å². The minimum absolute atomic E-state index is 0.0850. The van der Waals surface area contributed by atoms with Gasteiger partial charge in [-0.3, -0.25) is 0 Å². The summed E-state index contributed by atoms with van der Waals surface area (Å²) in [6, 6.07) is 0.942. The first-order chi connectivity index (χ1) is 6.15. The van der Waals surface area contributed by atoms with E-state index >= 15 is 0 Å². The molecular weight excluding hydrogens is 186 g/mol. The average Bonchev–Trinajstić information content (AvgIpc) is 2.10. The van der Waals surface area contributed by atoms with E-state index in [1.807, 2.05) is 13.8 Å². The quantitative estimate of drug-likeness (QED) is 0.623. The van der Waals surface area contributed by atoms with Gasteiger partial charge in [0.05, 0.1) is 12.2 Å². The summed E-state index contributed by atoms with van der Waals surface area (Å²) in [7, 11) is -1.54. The van der Waals surface area contributed by atoms with Gasteiger partial charge in [-0.25, -0.2) is 0 Å². The average molecular weight is 205 g/mol. The molecule has 13 heavy (non-hydrogen) atoms. The summed E-state index contributed by atoms with van der Waals surface area (Å²) in [5, 5.41) is 9.54. The van der Waals surface area contributed by atoms with Gasteiger partial charge in [-0.1, -0.05) is 0 Å². The first-order valence-electron chi connectivity index (χ1n) is 4.84. The van der Waals surface area contributed by atoms with Gasteiger partial charge in [0.1, 0.15) is 6.10 Å². The molecule has 0 bridgehead atoms. The van der Waals surface area contributed by atoms with Crippen LogP contribution in [0.25, 0.3) is 0 Å². The Kier molecular flexibility index (Phi) is 4.34. The lowest BCUT2D eigenvalue weighted by molar-refractivity contribution is -0.0808. The highest BCUT2D eigenvalue weighted by Gasteiger charge is 2.33. The first-order valence-corrected chi connectivity index (χ1v) is 6.60. The van der Waals surface area contributed by atoms with E-state index in [1.165, 1.54) is 0 Å². The van der Waals surface area contributed by atoms with E-state index in [-0.39, 0.29) is 12.2 Å². The molecule has 78 valence electrons. The zero-order valence-electron chi connectivity index (χ0n) is 8.27. The normalized spacial score (nSPS) is 40.6. The van der Waals surface area contributed by atoms with E-state index in [1.54, 1.807) is 0 Å². The molecule has 5 heteroatoms. The number of hydrogen-bond acceptors (Lipinski definition) is 4. The van der Waals surface area contributed by atoms with E-state index in [2.05, 4.69) is 0 Å². The van der Waals surface area contributed by atoms with Crippen LogP contribution in [-0.2, 0) is 8.85 Å². The first kappa shape index (κ1) is 11.1. The third-order valence-electron chi connectivity index (χ3n) is 2.34. The third kappa shape index (κ3) is 3.03. The van der Waals surface area contributed by atoms with Crippen LogP contribution in [0.1, 0.15) is 20.3 Å². The van der Waals surface area contributed by atoms with Crippen LogP contribution < -0.4 is 5.73 Å². The van der Waals surface area contributed by atoms with Crippen LogP contribution in [0.4, 0.5) is 0 Å². The Balaban J connectivity index is 2.35. The minimum atomic E-state index is -1.54. The Morgan fingerprint density at radius 1 is 1.31 bits per heavy atom. The summed E-state index contributed by atoms with van der Waals surface area (Å²) in [6.45, 7) is 4.47. The molecular formula is C8H19NO3Si. The molecule has 1 heterocycles. The van der Waals surface area contributed by atoms with E-state index in [4.69, 9.17) is 14.6 Å². The molecule has 0 radical (unpaired) electrons. The molecule has 2 atom stereocenters. The van der Waals surface area contributed by atoms with Crippen LogP contribution >= 0.6 is 0 Å². The topological polar surface area (TPSA) is 64.7 Å². The van der Waals surface area contributed by atoms with Crippen molar-refractivity contribution in [3.05, 3.63) is 0 Å². The van der Waals surface area contributed by atoms with Crippen LogP contribution in [-0.4, -0.2) is 39.2 Å². The molecule has 3 N–H and O–H groups in total. The Bertz CT molecular complexity index is 146. The SMILES string of the molecule is CC1O[SiH](CCCN)OC(C)C1O. The smallest absolute Gasteiger partial charge is 0.322 e. The number of aliphatic hydroxyl groups is 1. The second-order valence-corrected chi connectivity index (χ2v) is 5.51. The monoisotopic (exact) mass is 205 g/mol. The molecule has 0 aromatic rings. The third-order valence-corrected chi connectivity index (χ3v) is 4.68. The Labute approximate surface area is 80.9 Å². The van der Waals surface area contributed by atoms with Crippen molar-refractivity contribution < 1.29 is 14.0 Å². The minimum Gasteiger partial charge on any atom is -0.391 e. The summed E-state index contributed by atoms with van der Waals surface area (Å²) in [5.74, 6) is 0. The molecule has 0 aromatic carbocycles. The van der Waals surface area contributed by atoms with Crippen molar-refractivity contribution in [3.63, 3.8) is 0 Å². The zero-order valence-corrected chi connectivity index (χ0v) is 9.43. The van der Waals surface area contributed by atoms with Gasteiger partial charge in [0.15, 0.2) is 0 Å². The summed E-state index contributed by atoms with van der Waals surface area (Å²) in [4.78, 5) is 0. The van der Waals surface area contributed by atoms with Gasteiger partial charge >= 0.3 is 9.28 Å². The van der Waals surface area contributed by atoms with Gasteiger partial charge < -0.3 is 19.7 Å². The van der Waals surface area contributed by atoms with Crippen molar-refractivity contribution in [3.8, 4) is 0 Å². The predicted molar refractivity (Wildman–Crippen MR) is 52.7 cm³/mol. The van der Waals surface area contributed by atoms with Gasteiger partial charge in [-0.2, -0.15) is 0 Å². The molecule has 0 amide bonds. The standard InChI is InChI=1S/C8H19NO3Si/c1-6-8(10)7(2)12-13(11-6)5-3-4-9/h6-8,10,13H,3-5,9H2,1-2H3. The summed E-state index contributed by atoms with van der Waals surface area (Å²) in [6.07, 6.45) is 0.296. The van der Waals surface area contributed by atoms with Gasteiger partial charge in [-0.05, 0) is 32.9 Å². The lowest BCUT2D eigenvalue weighted by Gasteiger charge is -2.36. The van der Waals surface area contributed by atoms with Crippen molar-refractivity contribution in [2.45, 2.75) is 44.6 Å². The van der Waals surface area contributed by atoms with Crippen molar-refractivity contribution >= 4 is 9.28 Å². The molecule has 0 saturated carbocycles. The van der Waals surface area contributed by atoms with Crippen LogP contribution in [0.5, 0.6) is 0 Å². The molecule has 1 aliphatic rings. The maximum atomic E-state index is 9.54. The molecule has 4 nitrogen and oxygen atoms in total. The molecule has 2 unspecified atom stereocenters. The fraction of sp³-hybridized carbons (Fsp3) is 1.00. The van der Waals surface area contributed by atoms with E-state index < -0.39 is 15.4 Å². The predicted octanol–water partition coefficient (Wildman–Crippen LogP) is -0.260. The number of hydrogen-bond donors (Lipinski definition) is 2. The van der Waals surface area contributed by atoms with Gasteiger partial charge in [-0.15, -0.1) is 0 Å². The second kappa shape index (κ2) is 5.07. The van der Waals surface area contributed by atoms with E-state index in [0.717, 1.165) is 12.5 Å². The number of rotatable bonds is 3. The maximum absolute atomic E-state index is 9.54. The Morgan fingerprint density at radius 2 is 1.85 bits per heavy atom. The Morgan fingerprint density at radius 3 is 2.31 bits per heavy atom. The molecule has 0 aliphatic carbocycles. The summed E-state index contributed by atoms with van der Waals surface area (Å²) >= 11 is 0. The lowest BCUT2D eigenvalue weighted by Crippen LogP contribution is -2.49. The van der Waals surface area contributed by atoms with E-state index in [0.29, 0.717) is 6.54 Å². The zero-order chi connectivity index (χ0) is 9.84. The molecule has 0 aromatic heterocycles. The number of nitrogens with two attached hydrogens (primary N) is 1. The molecule has 1 aliphatic heterocycles. The molecule has 1 saturated heterocycles. The largest absolute Gasteiger partial charge is 0.391 e. The highest BCUT2D eigenvalue weighted by atomic mass is 28.3. The fourth-order valence-electron chi connectivity index (χ4n) is 1.47. The second-order valence-electron chi connectivity index (χ2n) is 3.53. The van der Waals surface area contributed by atoms with Gasteiger partial charge in [0.25, 0.3) is 0 Å². The molecule has 1 fully saturated rings. The van der Waals surface area contributed by atoms with Crippen LogP contribution in [0.3, 0.4) is 0 Å². The van der Waals surface area contributed by atoms with Crippen molar-refractivity contribution in [2.24, 2.45) is 5.73 Å². The van der Waals surface area contributed by atoms with Crippen molar-refractivity contribution in [1.29, 1.82) is 0 Å². The van der Waals surface area contributed by atoms with Crippen molar-refractivity contribution in [2.75, 3.05) is 6.54 Å². The Hall–Kier alpha value is 0.0569. The fourth-order valence-corrected chi connectivity index (χ4v) is 3.66. The number of aliphatic hydroxyl groups excluding tert-OH is 1. The van der Waals surface area contributed by atoms with Gasteiger partial charge in [0.2, 0.25) is 0 Å².